The number of ketones is 1. The van der Waals surface area contributed by atoms with Crippen LogP contribution < -0.4 is 0 Å². The molecule has 1 aromatic heterocycles. The molecular formula is C16H12BrN3O. The molecule has 4 rings (SSSR count). The lowest BCUT2D eigenvalue weighted by Crippen LogP contribution is -2.11. The molecule has 21 heavy (non-hydrogen) atoms. The highest BCUT2D eigenvalue weighted by atomic mass is 79.9. The Morgan fingerprint density at radius 3 is 2.90 bits per heavy atom. The van der Waals surface area contributed by atoms with Crippen LogP contribution in [0.25, 0.3) is 6.08 Å². The van der Waals surface area contributed by atoms with Gasteiger partial charge in [0.05, 0.1) is 22.9 Å². The number of hydrogen-bond donors (Lipinski definition) is 0. The molecule has 0 saturated heterocycles. The first-order valence-electron chi connectivity index (χ1n) is 6.72. The molecule has 2 heterocycles. The number of nitrogens with zero attached hydrogens (tertiary/aromatic N) is 3. The van der Waals surface area contributed by atoms with Gasteiger partial charge in [0.15, 0.2) is 5.78 Å². The van der Waals surface area contributed by atoms with Gasteiger partial charge in [-0.1, -0.05) is 6.07 Å². The molecule has 0 fully saturated rings. The van der Waals surface area contributed by atoms with Crippen molar-refractivity contribution in [1.82, 2.24) is 9.78 Å². The van der Waals surface area contributed by atoms with Crippen LogP contribution >= 0.6 is 15.9 Å². The van der Waals surface area contributed by atoms with Crippen molar-refractivity contribution in [3.8, 4) is 0 Å². The van der Waals surface area contributed by atoms with E-state index in [9.17, 15) is 4.79 Å². The van der Waals surface area contributed by atoms with Gasteiger partial charge in [-0.25, -0.2) is 0 Å². The molecule has 2 aromatic rings. The number of benzene rings is 1. The van der Waals surface area contributed by atoms with Crippen LogP contribution in [-0.4, -0.2) is 21.3 Å². The lowest BCUT2D eigenvalue weighted by atomic mass is 9.90. The molecule has 0 radical (unpaired) electrons. The third-order valence-electron chi connectivity index (χ3n) is 3.91. The Labute approximate surface area is 130 Å². The summed E-state index contributed by atoms with van der Waals surface area (Å²) in [5.41, 5.74) is 6.54. The molecule has 0 amide bonds. The second-order valence-corrected chi connectivity index (χ2v) is 6.22. The highest BCUT2D eigenvalue weighted by Crippen LogP contribution is 2.31. The van der Waals surface area contributed by atoms with E-state index in [4.69, 9.17) is 0 Å². The van der Waals surface area contributed by atoms with Gasteiger partial charge in [0, 0.05) is 30.8 Å². The van der Waals surface area contributed by atoms with Crippen molar-refractivity contribution in [3.05, 3.63) is 56.8 Å². The maximum Gasteiger partial charge on any atom is 0.174 e. The lowest BCUT2D eigenvalue weighted by molar-refractivity contribution is -0.114. The number of Topliss-reactive ketones (excluding diaryl/α,β-unsaturated/α-hetero) is 1. The maximum atomic E-state index is 11.8. The van der Waals surface area contributed by atoms with Gasteiger partial charge in [0.25, 0.3) is 0 Å². The van der Waals surface area contributed by atoms with Crippen LogP contribution in [0.2, 0.25) is 0 Å². The SMILES string of the molecule is Cn1cc(C2=NCc3cc4c(cc32)C=C(Br)C(=O)C4)cn1. The third-order valence-corrected chi connectivity index (χ3v) is 4.58. The average molecular weight is 342 g/mol. The van der Waals surface area contributed by atoms with Crippen molar-refractivity contribution in [2.75, 3.05) is 0 Å². The first-order valence-corrected chi connectivity index (χ1v) is 7.51. The summed E-state index contributed by atoms with van der Waals surface area (Å²) in [5.74, 6) is 0.133. The Morgan fingerprint density at radius 1 is 1.29 bits per heavy atom. The highest BCUT2D eigenvalue weighted by Gasteiger charge is 2.23. The smallest absolute Gasteiger partial charge is 0.174 e. The van der Waals surface area contributed by atoms with Crippen LogP contribution in [0.15, 0.2) is 34.0 Å². The molecule has 0 bridgehead atoms. The summed E-state index contributed by atoms with van der Waals surface area (Å²) in [6.07, 6.45) is 6.17. The zero-order chi connectivity index (χ0) is 14.6. The average Bonchev–Trinajstić information content (AvgIpc) is 3.03. The van der Waals surface area contributed by atoms with E-state index in [1.165, 1.54) is 5.56 Å². The first kappa shape index (κ1) is 12.7. The molecule has 4 nitrogen and oxygen atoms in total. The van der Waals surface area contributed by atoms with Crippen molar-refractivity contribution in [3.63, 3.8) is 0 Å². The molecule has 5 heteroatoms. The summed E-state index contributed by atoms with van der Waals surface area (Å²) in [6, 6.07) is 4.25. The van der Waals surface area contributed by atoms with Crippen LogP contribution in [0.5, 0.6) is 0 Å². The van der Waals surface area contributed by atoms with Gasteiger partial charge >= 0.3 is 0 Å². The molecule has 0 saturated carbocycles. The van der Waals surface area contributed by atoms with E-state index in [2.05, 4.69) is 38.2 Å². The molecule has 1 aromatic carbocycles. The van der Waals surface area contributed by atoms with Gasteiger partial charge in [-0.3, -0.25) is 14.5 Å². The summed E-state index contributed by atoms with van der Waals surface area (Å²) in [5, 5.41) is 4.22. The van der Waals surface area contributed by atoms with Gasteiger partial charge in [-0.05, 0) is 44.8 Å². The van der Waals surface area contributed by atoms with E-state index in [0.717, 1.165) is 28.0 Å². The molecule has 2 aliphatic rings. The summed E-state index contributed by atoms with van der Waals surface area (Å²) >= 11 is 3.34. The quantitative estimate of drug-likeness (QED) is 0.800. The second kappa shape index (κ2) is 4.49. The summed E-state index contributed by atoms with van der Waals surface area (Å²) in [7, 11) is 1.90. The Hall–Kier alpha value is -2.01. The number of fused-ring (bicyclic) bond motifs is 2. The van der Waals surface area contributed by atoms with Crippen LogP contribution in [0.3, 0.4) is 0 Å². The summed E-state index contributed by atoms with van der Waals surface area (Å²) in [4.78, 5) is 16.4. The van der Waals surface area contributed by atoms with Crippen molar-refractivity contribution in [1.29, 1.82) is 0 Å². The van der Waals surface area contributed by atoms with Crippen molar-refractivity contribution in [2.24, 2.45) is 12.0 Å². The summed E-state index contributed by atoms with van der Waals surface area (Å²) < 4.78 is 2.43. The molecular weight excluding hydrogens is 330 g/mol. The van der Waals surface area contributed by atoms with Gasteiger partial charge in [0.1, 0.15) is 0 Å². The first-order chi connectivity index (χ1) is 10.1. The molecule has 104 valence electrons. The fraction of sp³-hybridized carbons (Fsp3) is 0.188. The fourth-order valence-corrected chi connectivity index (χ4v) is 3.25. The van der Waals surface area contributed by atoms with Crippen molar-refractivity contribution < 1.29 is 4.79 Å². The van der Waals surface area contributed by atoms with Crippen molar-refractivity contribution >= 4 is 33.5 Å². The Morgan fingerprint density at radius 2 is 2.14 bits per heavy atom. The van der Waals surface area contributed by atoms with Crippen LogP contribution in [-0.2, 0) is 24.8 Å². The van der Waals surface area contributed by atoms with Gasteiger partial charge in [-0.2, -0.15) is 5.10 Å². The van der Waals surface area contributed by atoms with Crippen LogP contribution in [0.1, 0.15) is 27.8 Å². The number of aromatic nitrogens is 2. The molecule has 0 N–H and O–H groups in total. The molecule has 0 spiro atoms. The minimum Gasteiger partial charge on any atom is -0.293 e. The van der Waals surface area contributed by atoms with Gasteiger partial charge < -0.3 is 0 Å². The fourth-order valence-electron chi connectivity index (χ4n) is 2.87. The number of aliphatic imine (C=N–C) groups is 1. The Kier molecular flexibility index (Phi) is 2.72. The van der Waals surface area contributed by atoms with Gasteiger partial charge in [-0.15, -0.1) is 0 Å². The Bertz CT molecular complexity index is 845. The normalized spacial score (nSPS) is 16.4. The number of hydrogen-bond acceptors (Lipinski definition) is 3. The van der Waals surface area contributed by atoms with E-state index in [-0.39, 0.29) is 5.78 Å². The molecule has 0 unspecified atom stereocenters. The van der Waals surface area contributed by atoms with E-state index < -0.39 is 0 Å². The molecule has 1 aliphatic heterocycles. The molecule has 0 atom stereocenters. The van der Waals surface area contributed by atoms with E-state index in [1.54, 1.807) is 4.68 Å². The minimum atomic E-state index is 0.133. The standard InChI is InChI=1S/C16H12BrN3O/c1-20-8-12(7-19-20)16-13-3-10-4-14(17)15(21)5-9(10)2-11(13)6-18-16/h2-4,7-8H,5-6H2,1H3. The monoisotopic (exact) mass is 341 g/mol. The number of aryl methyl sites for hydroxylation is 1. The zero-order valence-corrected chi connectivity index (χ0v) is 13.0. The largest absolute Gasteiger partial charge is 0.293 e. The lowest BCUT2D eigenvalue weighted by Gasteiger charge is -2.14. The second-order valence-electron chi connectivity index (χ2n) is 5.37. The number of allylic oxidation sites excluding steroid dienone is 1. The van der Waals surface area contributed by atoms with Crippen molar-refractivity contribution in [2.45, 2.75) is 13.0 Å². The van der Waals surface area contributed by atoms with E-state index in [0.29, 0.717) is 17.4 Å². The Balaban J connectivity index is 1.83. The number of carbonyl (C=O) groups is 1. The number of carbonyl (C=O) groups excluding carboxylic acids is 1. The molecule has 1 aliphatic carbocycles. The van der Waals surface area contributed by atoms with Crippen LogP contribution in [0.4, 0.5) is 0 Å². The van der Waals surface area contributed by atoms with E-state index in [1.807, 2.05) is 25.5 Å². The number of rotatable bonds is 1. The number of halogens is 1. The van der Waals surface area contributed by atoms with E-state index >= 15 is 0 Å². The predicted octanol–water partition coefficient (Wildman–Crippen LogP) is 2.63. The summed E-state index contributed by atoms with van der Waals surface area (Å²) in [6.45, 7) is 0.673. The third kappa shape index (κ3) is 2.00. The predicted molar refractivity (Wildman–Crippen MR) is 84.6 cm³/mol. The highest BCUT2D eigenvalue weighted by molar-refractivity contribution is 9.12. The topological polar surface area (TPSA) is 47.2 Å². The minimum absolute atomic E-state index is 0.133. The van der Waals surface area contributed by atoms with Crippen LogP contribution in [0, 0.1) is 0 Å². The zero-order valence-electron chi connectivity index (χ0n) is 11.4. The van der Waals surface area contributed by atoms with Gasteiger partial charge in [0.2, 0.25) is 0 Å². The maximum absolute atomic E-state index is 11.8.